The maximum atomic E-state index is 11.8. The molecule has 0 aliphatic heterocycles. The van der Waals surface area contributed by atoms with Crippen molar-refractivity contribution in [1.82, 2.24) is 0 Å². The van der Waals surface area contributed by atoms with E-state index in [2.05, 4.69) is 13.8 Å². The van der Waals surface area contributed by atoms with Crippen LogP contribution in [-0.4, -0.2) is 12.3 Å². The van der Waals surface area contributed by atoms with Gasteiger partial charge < -0.3 is 5.73 Å². The van der Waals surface area contributed by atoms with E-state index in [9.17, 15) is 4.79 Å². The lowest BCUT2D eigenvalue weighted by Crippen LogP contribution is -2.30. The Kier molecular flexibility index (Phi) is 2.89. The van der Waals surface area contributed by atoms with E-state index in [1.807, 2.05) is 0 Å². The molecule has 0 unspecified atom stereocenters. The summed E-state index contributed by atoms with van der Waals surface area (Å²) in [4.78, 5) is 11.8. The molecule has 2 heteroatoms. The minimum Gasteiger partial charge on any atom is -0.329 e. The monoisotopic (exact) mass is 169 g/mol. The zero-order valence-corrected chi connectivity index (χ0v) is 8.10. The first-order valence-corrected chi connectivity index (χ1v) is 4.94. The predicted molar refractivity (Wildman–Crippen MR) is 49.8 cm³/mol. The minimum absolute atomic E-state index is 0.0866. The first-order chi connectivity index (χ1) is 5.70. The van der Waals surface area contributed by atoms with Gasteiger partial charge >= 0.3 is 0 Å². The van der Waals surface area contributed by atoms with E-state index in [0.717, 1.165) is 25.7 Å². The molecule has 12 heavy (non-hydrogen) atoms. The first kappa shape index (κ1) is 9.72. The van der Waals surface area contributed by atoms with Gasteiger partial charge in [0.05, 0.1) is 0 Å². The Bertz CT molecular complexity index is 169. The van der Waals surface area contributed by atoms with Crippen molar-refractivity contribution in [3.63, 3.8) is 0 Å². The summed E-state index contributed by atoms with van der Waals surface area (Å²) < 4.78 is 0. The molecule has 2 N–H and O–H groups in total. The van der Waals surface area contributed by atoms with Gasteiger partial charge in [0.15, 0.2) is 0 Å². The maximum Gasteiger partial charge on any atom is 0.143 e. The highest BCUT2D eigenvalue weighted by Crippen LogP contribution is 2.47. The number of nitrogens with two attached hydrogens (primary N) is 1. The lowest BCUT2D eigenvalue weighted by atomic mass is 9.87. The lowest BCUT2D eigenvalue weighted by Gasteiger charge is -2.17. The molecule has 1 rings (SSSR count). The van der Waals surface area contributed by atoms with Gasteiger partial charge in [-0.15, -0.1) is 0 Å². The minimum atomic E-state index is -0.0866. The Labute approximate surface area is 74.5 Å². The lowest BCUT2D eigenvalue weighted by molar-refractivity contribution is -0.128. The number of rotatable bonds is 5. The van der Waals surface area contributed by atoms with E-state index in [1.165, 1.54) is 0 Å². The second-order valence-corrected chi connectivity index (χ2v) is 3.86. The van der Waals surface area contributed by atoms with Gasteiger partial charge in [-0.3, -0.25) is 4.79 Å². The molecule has 0 radical (unpaired) electrons. The number of Topliss-reactive ketones (excluding diaryl/α,β-unsaturated/α-hetero) is 1. The molecule has 0 aromatic carbocycles. The van der Waals surface area contributed by atoms with E-state index in [-0.39, 0.29) is 11.3 Å². The number of carbonyl (C=O) groups is 1. The molecule has 1 aliphatic carbocycles. The van der Waals surface area contributed by atoms with Gasteiger partial charge in [-0.25, -0.2) is 0 Å². The van der Waals surface area contributed by atoms with Crippen LogP contribution in [0.2, 0.25) is 0 Å². The summed E-state index contributed by atoms with van der Waals surface area (Å²) in [6, 6.07) is 0. The molecule has 1 aliphatic rings. The van der Waals surface area contributed by atoms with Crippen molar-refractivity contribution in [2.24, 2.45) is 17.1 Å². The molecule has 2 nitrogen and oxygen atoms in total. The third kappa shape index (κ3) is 1.53. The fourth-order valence-corrected chi connectivity index (χ4v) is 1.79. The van der Waals surface area contributed by atoms with Crippen LogP contribution in [0, 0.1) is 11.3 Å². The van der Waals surface area contributed by atoms with Crippen LogP contribution in [0.5, 0.6) is 0 Å². The van der Waals surface area contributed by atoms with E-state index in [0.29, 0.717) is 12.3 Å². The van der Waals surface area contributed by atoms with Crippen LogP contribution < -0.4 is 5.73 Å². The fraction of sp³-hybridized carbons (Fsp3) is 0.900. The molecule has 0 atom stereocenters. The van der Waals surface area contributed by atoms with Gasteiger partial charge in [-0.05, 0) is 25.7 Å². The fourth-order valence-electron chi connectivity index (χ4n) is 1.79. The third-order valence-corrected chi connectivity index (χ3v) is 3.12. The predicted octanol–water partition coefficient (Wildman–Crippen LogP) is 1.73. The molecule has 0 aromatic rings. The Morgan fingerprint density at radius 2 is 1.92 bits per heavy atom. The standard InChI is InChI=1S/C10H19NO/c1-3-8(4-2)9(12)10(7-11)5-6-10/h8H,3-7,11H2,1-2H3. The van der Waals surface area contributed by atoms with Gasteiger partial charge in [0.2, 0.25) is 0 Å². The average molecular weight is 169 g/mol. The largest absolute Gasteiger partial charge is 0.329 e. The molecular formula is C10H19NO. The molecule has 70 valence electrons. The second-order valence-electron chi connectivity index (χ2n) is 3.86. The topological polar surface area (TPSA) is 43.1 Å². The van der Waals surface area contributed by atoms with Crippen molar-refractivity contribution < 1.29 is 4.79 Å². The summed E-state index contributed by atoms with van der Waals surface area (Å²) in [5.74, 6) is 0.686. The van der Waals surface area contributed by atoms with Crippen molar-refractivity contribution in [3.8, 4) is 0 Å². The smallest absolute Gasteiger partial charge is 0.143 e. The zero-order chi connectivity index (χ0) is 9.19. The van der Waals surface area contributed by atoms with E-state index >= 15 is 0 Å². The first-order valence-electron chi connectivity index (χ1n) is 4.94. The molecule has 0 heterocycles. The van der Waals surface area contributed by atoms with Crippen LogP contribution in [0.4, 0.5) is 0 Å². The van der Waals surface area contributed by atoms with Crippen molar-refractivity contribution in [3.05, 3.63) is 0 Å². The maximum absolute atomic E-state index is 11.8. The summed E-state index contributed by atoms with van der Waals surface area (Å²) >= 11 is 0. The van der Waals surface area contributed by atoms with Gasteiger partial charge in [0.1, 0.15) is 5.78 Å². The molecule has 0 spiro atoms. The number of hydrogen-bond acceptors (Lipinski definition) is 2. The number of ketones is 1. The molecule has 0 amide bonds. The van der Waals surface area contributed by atoms with E-state index < -0.39 is 0 Å². The van der Waals surface area contributed by atoms with Crippen molar-refractivity contribution in [1.29, 1.82) is 0 Å². The molecule has 0 saturated heterocycles. The van der Waals surface area contributed by atoms with Gasteiger partial charge in [0, 0.05) is 17.9 Å². The van der Waals surface area contributed by atoms with Crippen LogP contribution in [-0.2, 0) is 4.79 Å². The van der Waals surface area contributed by atoms with Gasteiger partial charge in [-0.2, -0.15) is 0 Å². The number of carbonyl (C=O) groups excluding carboxylic acids is 1. The van der Waals surface area contributed by atoms with E-state index in [4.69, 9.17) is 5.73 Å². The highest BCUT2D eigenvalue weighted by atomic mass is 16.1. The summed E-state index contributed by atoms with van der Waals surface area (Å²) in [6.07, 6.45) is 3.99. The molecule has 1 saturated carbocycles. The Hall–Kier alpha value is -0.370. The summed E-state index contributed by atoms with van der Waals surface area (Å²) in [6.45, 7) is 4.72. The van der Waals surface area contributed by atoms with Crippen LogP contribution in [0.3, 0.4) is 0 Å². The quantitative estimate of drug-likeness (QED) is 0.681. The normalized spacial score (nSPS) is 19.7. The highest BCUT2D eigenvalue weighted by Gasteiger charge is 2.49. The Morgan fingerprint density at radius 1 is 1.42 bits per heavy atom. The Balaban J connectivity index is 2.56. The third-order valence-electron chi connectivity index (χ3n) is 3.12. The number of hydrogen-bond donors (Lipinski definition) is 1. The van der Waals surface area contributed by atoms with Gasteiger partial charge in [0.25, 0.3) is 0 Å². The highest BCUT2D eigenvalue weighted by molar-refractivity contribution is 5.89. The van der Waals surface area contributed by atoms with Crippen LogP contribution in [0.15, 0.2) is 0 Å². The zero-order valence-electron chi connectivity index (χ0n) is 8.10. The molecule has 1 fully saturated rings. The molecule has 0 aromatic heterocycles. The van der Waals surface area contributed by atoms with Crippen LogP contribution in [0.25, 0.3) is 0 Å². The second kappa shape index (κ2) is 3.56. The SMILES string of the molecule is CCC(CC)C(=O)C1(CN)CC1. The van der Waals surface area contributed by atoms with Crippen molar-refractivity contribution in [2.75, 3.05) is 6.54 Å². The summed E-state index contributed by atoms with van der Waals surface area (Å²) in [5, 5.41) is 0. The van der Waals surface area contributed by atoms with E-state index in [1.54, 1.807) is 0 Å². The van der Waals surface area contributed by atoms with Crippen LogP contribution >= 0.6 is 0 Å². The molecule has 0 bridgehead atoms. The van der Waals surface area contributed by atoms with Gasteiger partial charge in [-0.1, -0.05) is 13.8 Å². The van der Waals surface area contributed by atoms with Crippen LogP contribution in [0.1, 0.15) is 39.5 Å². The Morgan fingerprint density at radius 3 is 2.17 bits per heavy atom. The van der Waals surface area contributed by atoms with Crippen molar-refractivity contribution >= 4 is 5.78 Å². The average Bonchev–Trinajstić information content (AvgIpc) is 2.86. The molecular weight excluding hydrogens is 150 g/mol. The summed E-state index contributed by atoms with van der Waals surface area (Å²) in [5.41, 5.74) is 5.51. The summed E-state index contributed by atoms with van der Waals surface area (Å²) in [7, 11) is 0. The van der Waals surface area contributed by atoms with Crippen molar-refractivity contribution in [2.45, 2.75) is 39.5 Å².